The monoisotopic (exact) mass is 290 g/mol. The topological polar surface area (TPSA) is 59.1 Å². The van der Waals surface area contributed by atoms with Crippen LogP contribution in [0.2, 0.25) is 0 Å². The molecule has 3 nitrogen and oxygen atoms in total. The molecule has 0 heterocycles. The van der Waals surface area contributed by atoms with Crippen LogP contribution in [0, 0.1) is 19.3 Å². The number of rotatable bonds is 10. The lowest BCUT2D eigenvalue weighted by Gasteiger charge is -2.13. The molecular formula is C18H30N2O. The first-order valence-corrected chi connectivity index (χ1v) is 8.14. The van der Waals surface area contributed by atoms with Crippen LogP contribution in [-0.2, 0) is 0 Å². The summed E-state index contributed by atoms with van der Waals surface area (Å²) in [7, 11) is 0. The van der Waals surface area contributed by atoms with Crippen LogP contribution < -0.4 is 10.5 Å². The van der Waals surface area contributed by atoms with Gasteiger partial charge in [-0.1, -0.05) is 45.4 Å². The molecular weight excluding hydrogens is 260 g/mol. The lowest BCUT2D eigenvalue weighted by atomic mass is 10.1. The van der Waals surface area contributed by atoms with Crippen molar-refractivity contribution in [2.24, 2.45) is 5.73 Å². The van der Waals surface area contributed by atoms with Crippen molar-refractivity contribution in [2.75, 3.05) is 6.61 Å². The van der Waals surface area contributed by atoms with Crippen molar-refractivity contribution in [3.05, 3.63) is 28.8 Å². The third kappa shape index (κ3) is 6.19. The number of hydrogen-bond acceptors (Lipinski definition) is 2. The number of nitrogens with two attached hydrogens (primary N) is 1. The lowest BCUT2D eigenvalue weighted by Crippen LogP contribution is -2.12. The zero-order valence-electron chi connectivity index (χ0n) is 13.8. The molecule has 0 aromatic heterocycles. The van der Waals surface area contributed by atoms with E-state index in [1.165, 1.54) is 38.5 Å². The van der Waals surface area contributed by atoms with Gasteiger partial charge in [0.25, 0.3) is 0 Å². The maximum absolute atomic E-state index is 7.50. The highest BCUT2D eigenvalue weighted by molar-refractivity contribution is 5.95. The summed E-state index contributed by atoms with van der Waals surface area (Å²) in [6, 6.07) is 3.85. The van der Waals surface area contributed by atoms with Crippen molar-refractivity contribution < 1.29 is 4.74 Å². The van der Waals surface area contributed by atoms with Gasteiger partial charge < -0.3 is 10.5 Å². The summed E-state index contributed by atoms with van der Waals surface area (Å²) in [4.78, 5) is 0. The van der Waals surface area contributed by atoms with E-state index < -0.39 is 0 Å². The molecule has 3 heteroatoms. The van der Waals surface area contributed by atoms with Crippen molar-refractivity contribution in [3.8, 4) is 5.75 Å². The highest BCUT2D eigenvalue weighted by Gasteiger charge is 2.07. The summed E-state index contributed by atoms with van der Waals surface area (Å²) >= 11 is 0. The van der Waals surface area contributed by atoms with Crippen LogP contribution in [0.15, 0.2) is 12.1 Å². The summed E-state index contributed by atoms with van der Waals surface area (Å²) in [6.07, 6.45) is 9.04. The number of aryl methyl sites for hydroxylation is 2. The second kappa shape index (κ2) is 9.43. The first-order chi connectivity index (χ1) is 10.1. The van der Waals surface area contributed by atoms with Gasteiger partial charge in [0.1, 0.15) is 11.6 Å². The number of benzene rings is 1. The third-order valence-corrected chi connectivity index (χ3v) is 3.77. The van der Waals surface area contributed by atoms with E-state index in [2.05, 4.69) is 6.92 Å². The molecule has 1 rings (SSSR count). The zero-order chi connectivity index (χ0) is 15.7. The van der Waals surface area contributed by atoms with Gasteiger partial charge in [-0.2, -0.15) is 0 Å². The number of amidine groups is 1. The number of nitrogens with one attached hydrogen (secondary N) is 1. The van der Waals surface area contributed by atoms with Crippen LogP contribution in [-0.4, -0.2) is 12.4 Å². The molecule has 0 radical (unpaired) electrons. The minimum absolute atomic E-state index is 0.111. The molecule has 0 unspecified atom stereocenters. The van der Waals surface area contributed by atoms with Crippen molar-refractivity contribution in [2.45, 2.75) is 65.7 Å². The summed E-state index contributed by atoms with van der Waals surface area (Å²) in [5.41, 5.74) is 8.42. The average molecular weight is 290 g/mol. The van der Waals surface area contributed by atoms with Gasteiger partial charge in [0.05, 0.1) is 6.61 Å². The van der Waals surface area contributed by atoms with Crippen LogP contribution in [0.4, 0.5) is 0 Å². The normalized spacial score (nSPS) is 10.6. The molecule has 0 bridgehead atoms. The highest BCUT2D eigenvalue weighted by Crippen LogP contribution is 2.25. The standard InChI is InChI=1S/C18H30N2O/c1-4-5-6-7-8-9-10-11-21-17-14(2)12-16(18(19)20)13-15(17)3/h12-13H,4-11H2,1-3H3,(H3,19,20). The van der Waals surface area contributed by atoms with Gasteiger partial charge in [-0.15, -0.1) is 0 Å². The van der Waals surface area contributed by atoms with Crippen LogP contribution in [0.1, 0.15) is 68.6 Å². The van der Waals surface area contributed by atoms with E-state index in [4.69, 9.17) is 15.9 Å². The number of unbranched alkanes of at least 4 members (excludes halogenated alkanes) is 6. The first kappa shape index (κ1) is 17.5. The fraction of sp³-hybridized carbons (Fsp3) is 0.611. The quantitative estimate of drug-likeness (QED) is 0.372. The number of nitrogen functional groups attached to an aromatic ring is 1. The fourth-order valence-corrected chi connectivity index (χ4v) is 2.57. The van der Waals surface area contributed by atoms with Gasteiger partial charge >= 0.3 is 0 Å². The minimum atomic E-state index is 0.111. The van der Waals surface area contributed by atoms with Gasteiger partial charge in [-0.25, -0.2) is 0 Å². The molecule has 0 saturated heterocycles. The van der Waals surface area contributed by atoms with Crippen molar-refractivity contribution in [1.82, 2.24) is 0 Å². The van der Waals surface area contributed by atoms with E-state index >= 15 is 0 Å². The molecule has 0 saturated carbocycles. The van der Waals surface area contributed by atoms with Gasteiger partial charge in [0, 0.05) is 5.56 Å². The smallest absolute Gasteiger partial charge is 0.125 e. The Bertz CT molecular complexity index is 432. The maximum Gasteiger partial charge on any atom is 0.125 e. The van der Waals surface area contributed by atoms with Crippen LogP contribution in [0.25, 0.3) is 0 Å². The Balaban J connectivity index is 2.34. The number of ether oxygens (including phenoxy) is 1. The molecule has 0 spiro atoms. The van der Waals surface area contributed by atoms with Gasteiger partial charge in [0.15, 0.2) is 0 Å². The molecule has 0 aliphatic rings. The molecule has 3 N–H and O–H groups in total. The molecule has 0 amide bonds. The molecule has 0 aliphatic heterocycles. The molecule has 118 valence electrons. The summed E-state index contributed by atoms with van der Waals surface area (Å²) in [6.45, 7) is 7.05. The predicted molar refractivity (Wildman–Crippen MR) is 90.4 cm³/mol. The van der Waals surface area contributed by atoms with Crippen molar-refractivity contribution >= 4 is 5.84 Å². The molecule has 1 aromatic rings. The second-order valence-electron chi connectivity index (χ2n) is 5.82. The molecule has 0 aliphatic carbocycles. The second-order valence-corrected chi connectivity index (χ2v) is 5.82. The predicted octanol–water partition coefficient (Wildman–Crippen LogP) is 4.72. The summed E-state index contributed by atoms with van der Waals surface area (Å²) < 4.78 is 5.92. The Hall–Kier alpha value is -1.51. The zero-order valence-corrected chi connectivity index (χ0v) is 13.8. The van der Waals surface area contributed by atoms with Gasteiger partial charge in [0.2, 0.25) is 0 Å². The molecule has 1 aromatic carbocycles. The van der Waals surface area contributed by atoms with E-state index in [0.717, 1.165) is 35.5 Å². The highest BCUT2D eigenvalue weighted by atomic mass is 16.5. The Morgan fingerprint density at radius 3 is 2.05 bits per heavy atom. The minimum Gasteiger partial charge on any atom is -0.493 e. The van der Waals surface area contributed by atoms with Gasteiger partial charge in [-0.05, 0) is 43.5 Å². The Morgan fingerprint density at radius 1 is 1.00 bits per heavy atom. The van der Waals surface area contributed by atoms with Gasteiger partial charge in [-0.3, -0.25) is 5.41 Å². The number of hydrogen-bond donors (Lipinski definition) is 2. The first-order valence-electron chi connectivity index (χ1n) is 8.14. The van der Waals surface area contributed by atoms with Crippen LogP contribution in [0.3, 0.4) is 0 Å². The molecule has 0 fully saturated rings. The largest absolute Gasteiger partial charge is 0.493 e. The van der Waals surface area contributed by atoms with E-state index in [9.17, 15) is 0 Å². The Labute approximate surface area is 129 Å². The molecule has 0 atom stereocenters. The van der Waals surface area contributed by atoms with Crippen LogP contribution in [0.5, 0.6) is 5.75 Å². The summed E-state index contributed by atoms with van der Waals surface area (Å²) in [5.74, 6) is 1.06. The van der Waals surface area contributed by atoms with Crippen molar-refractivity contribution in [3.63, 3.8) is 0 Å². The third-order valence-electron chi connectivity index (χ3n) is 3.77. The Morgan fingerprint density at radius 2 is 1.52 bits per heavy atom. The van der Waals surface area contributed by atoms with E-state index in [0.29, 0.717) is 0 Å². The van der Waals surface area contributed by atoms with Crippen LogP contribution >= 0.6 is 0 Å². The van der Waals surface area contributed by atoms with E-state index in [-0.39, 0.29) is 5.84 Å². The maximum atomic E-state index is 7.50. The summed E-state index contributed by atoms with van der Waals surface area (Å²) in [5, 5.41) is 7.50. The van der Waals surface area contributed by atoms with E-state index in [1.54, 1.807) is 0 Å². The van der Waals surface area contributed by atoms with Crippen molar-refractivity contribution in [1.29, 1.82) is 5.41 Å². The average Bonchev–Trinajstić information content (AvgIpc) is 2.43. The Kier molecular flexibility index (Phi) is 7.88. The van der Waals surface area contributed by atoms with E-state index in [1.807, 2.05) is 26.0 Å². The molecule has 21 heavy (non-hydrogen) atoms. The lowest BCUT2D eigenvalue weighted by molar-refractivity contribution is 0.300. The fourth-order valence-electron chi connectivity index (χ4n) is 2.57. The SMILES string of the molecule is CCCCCCCCCOc1c(C)cc(C(=N)N)cc1C.